The summed E-state index contributed by atoms with van der Waals surface area (Å²) in [6.45, 7) is 2.51. The second-order valence-electron chi connectivity index (χ2n) is 2.60. The van der Waals surface area contributed by atoms with Crippen LogP contribution in [0, 0.1) is 0 Å². The first-order valence-corrected chi connectivity index (χ1v) is 5.57. The number of amides is 2. The van der Waals surface area contributed by atoms with Gasteiger partial charge >= 0.3 is 0 Å². The third-order valence-corrected chi connectivity index (χ3v) is 2.12. The van der Waals surface area contributed by atoms with Gasteiger partial charge in [-0.1, -0.05) is 0 Å². The molecule has 0 saturated heterocycles. The molecule has 7 heteroatoms. The summed E-state index contributed by atoms with van der Waals surface area (Å²) in [5.74, 6) is -0.736. The monoisotopic (exact) mass is 232 g/mol. The third kappa shape index (κ3) is 8.69. The lowest BCUT2D eigenvalue weighted by Gasteiger charge is -1.92. The molecule has 0 saturated carbocycles. The van der Waals surface area contributed by atoms with E-state index >= 15 is 0 Å². The van der Waals surface area contributed by atoms with E-state index in [1.807, 2.05) is 0 Å². The average Bonchev–Trinajstić information content (AvgIpc) is 2.01. The van der Waals surface area contributed by atoms with E-state index in [0.29, 0.717) is 0 Å². The minimum atomic E-state index is -3.56. The van der Waals surface area contributed by atoms with Crippen LogP contribution < -0.4 is 10.6 Å². The van der Waals surface area contributed by atoms with Gasteiger partial charge in [-0.25, -0.2) is 8.42 Å². The minimum absolute atomic E-state index is 0.368. The Labute approximate surface area is 88.0 Å². The van der Waals surface area contributed by atoms with E-state index in [0.717, 1.165) is 23.2 Å². The summed E-state index contributed by atoms with van der Waals surface area (Å²) < 4.78 is 22.2. The summed E-state index contributed by atoms with van der Waals surface area (Å²) in [5, 5.41) is 5.99. The lowest BCUT2D eigenvalue weighted by Crippen LogP contribution is -2.13. The summed E-state index contributed by atoms with van der Waals surface area (Å²) in [5.41, 5.74) is 0. The van der Waals surface area contributed by atoms with Gasteiger partial charge in [-0.15, -0.1) is 0 Å². The lowest BCUT2D eigenvalue weighted by molar-refractivity contribution is -0.118. The molecule has 0 spiro atoms. The second-order valence-corrected chi connectivity index (χ2v) is 4.32. The lowest BCUT2D eigenvalue weighted by atomic mass is 10.7. The second kappa shape index (κ2) is 5.97. The first-order chi connectivity index (χ1) is 6.83. The van der Waals surface area contributed by atoms with Crippen LogP contribution in [0.3, 0.4) is 0 Å². The van der Waals surface area contributed by atoms with Crippen LogP contribution in [0.15, 0.2) is 23.2 Å². The molecule has 15 heavy (non-hydrogen) atoms. The Morgan fingerprint density at radius 3 is 1.53 bits per heavy atom. The molecule has 0 aromatic rings. The standard InChI is InChI=1S/C8H12N2O4S/c1-7(11)9-3-5-15(13,14)6-4-10-8(2)12/h3-6H,1-2H3,(H,9,11)(H,10,12). The Balaban J connectivity index is 4.31. The van der Waals surface area contributed by atoms with Crippen LogP contribution >= 0.6 is 0 Å². The van der Waals surface area contributed by atoms with Crippen molar-refractivity contribution in [3.63, 3.8) is 0 Å². The zero-order chi connectivity index (χ0) is 11.9. The number of hydrogen-bond acceptors (Lipinski definition) is 4. The molecule has 0 radical (unpaired) electrons. The van der Waals surface area contributed by atoms with E-state index in [-0.39, 0.29) is 11.8 Å². The normalized spacial score (nSPS) is 11.9. The molecule has 2 amide bonds. The Morgan fingerprint density at radius 2 is 1.27 bits per heavy atom. The minimum Gasteiger partial charge on any atom is -0.332 e. The molecular formula is C8H12N2O4S. The molecule has 0 aliphatic rings. The maximum Gasteiger partial charge on any atom is 0.220 e. The number of carbonyl (C=O) groups is 2. The van der Waals surface area contributed by atoms with Gasteiger partial charge < -0.3 is 10.6 Å². The van der Waals surface area contributed by atoms with Crippen molar-refractivity contribution in [1.82, 2.24) is 10.6 Å². The van der Waals surface area contributed by atoms with Crippen molar-refractivity contribution in [3.05, 3.63) is 23.2 Å². The van der Waals surface area contributed by atoms with Crippen molar-refractivity contribution in [2.45, 2.75) is 13.8 Å². The van der Waals surface area contributed by atoms with E-state index in [1.54, 1.807) is 0 Å². The number of nitrogens with one attached hydrogen (secondary N) is 2. The largest absolute Gasteiger partial charge is 0.332 e. The number of sulfone groups is 1. The Kier molecular flexibility index (Phi) is 5.32. The highest BCUT2D eigenvalue weighted by Gasteiger charge is 1.98. The summed E-state index contributed by atoms with van der Waals surface area (Å²) >= 11 is 0. The Bertz CT molecular complexity index is 363. The highest BCUT2D eigenvalue weighted by Crippen LogP contribution is 1.92. The highest BCUT2D eigenvalue weighted by atomic mass is 32.2. The van der Waals surface area contributed by atoms with Crippen LogP contribution in [0.1, 0.15) is 13.8 Å². The quantitative estimate of drug-likeness (QED) is 0.690. The molecule has 0 aromatic carbocycles. The van der Waals surface area contributed by atoms with Crippen LogP contribution in [-0.4, -0.2) is 20.2 Å². The molecule has 0 heterocycles. The SMILES string of the molecule is CC(=O)NC=CS(=O)(=O)C=CNC(C)=O. The number of rotatable bonds is 4. The molecule has 0 rings (SSSR count). The van der Waals surface area contributed by atoms with Gasteiger partial charge in [0.2, 0.25) is 11.8 Å². The van der Waals surface area contributed by atoms with Crippen LogP contribution in [0.4, 0.5) is 0 Å². The van der Waals surface area contributed by atoms with Crippen LogP contribution in [0.25, 0.3) is 0 Å². The van der Waals surface area contributed by atoms with E-state index in [2.05, 4.69) is 10.6 Å². The average molecular weight is 232 g/mol. The van der Waals surface area contributed by atoms with Crippen LogP contribution in [0.2, 0.25) is 0 Å². The molecule has 0 aliphatic heterocycles. The van der Waals surface area contributed by atoms with Crippen molar-refractivity contribution < 1.29 is 18.0 Å². The highest BCUT2D eigenvalue weighted by molar-refractivity contribution is 7.97. The fraction of sp³-hybridized carbons (Fsp3) is 0.250. The maximum absolute atomic E-state index is 11.1. The van der Waals surface area contributed by atoms with Crippen molar-refractivity contribution in [3.8, 4) is 0 Å². The zero-order valence-corrected chi connectivity index (χ0v) is 9.17. The van der Waals surface area contributed by atoms with Crippen molar-refractivity contribution in [2.75, 3.05) is 0 Å². The first-order valence-electron chi connectivity index (χ1n) is 3.96. The van der Waals surface area contributed by atoms with Gasteiger partial charge in [-0.05, 0) is 0 Å². The molecule has 0 atom stereocenters. The molecule has 0 unspecified atom stereocenters. The van der Waals surface area contributed by atoms with Crippen molar-refractivity contribution in [1.29, 1.82) is 0 Å². The number of hydrogen-bond donors (Lipinski definition) is 2. The topological polar surface area (TPSA) is 92.3 Å². The van der Waals surface area contributed by atoms with Crippen LogP contribution in [-0.2, 0) is 19.4 Å². The summed E-state index contributed by atoms with van der Waals surface area (Å²) in [6.07, 6.45) is 2.02. The van der Waals surface area contributed by atoms with Crippen molar-refractivity contribution in [2.24, 2.45) is 0 Å². The predicted octanol–water partition coefficient (Wildman–Crippen LogP) is -0.384. The fourth-order valence-electron chi connectivity index (χ4n) is 0.538. The molecule has 84 valence electrons. The Hall–Kier alpha value is -1.63. The van der Waals surface area contributed by atoms with Gasteiger partial charge in [0.15, 0.2) is 9.84 Å². The van der Waals surface area contributed by atoms with Gasteiger partial charge in [0, 0.05) is 26.2 Å². The third-order valence-electron chi connectivity index (χ3n) is 1.09. The smallest absolute Gasteiger partial charge is 0.220 e. The first kappa shape index (κ1) is 13.4. The predicted molar refractivity (Wildman–Crippen MR) is 54.8 cm³/mol. The molecule has 2 N–H and O–H groups in total. The fourth-order valence-corrected chi connectivity index (χ4v) is 1.14. The van der Waals surface area contributed by atoms with Gasteiger partial charge in [-0.3, -0.25) is 9.59 Å². The molecule has 0 bridgehead atoms. The van der Waals surface area contributed by atoms with E-state index in [4.69, 9.17) is 0 Å². The summed E-state index contributed by atoms with van der Waals surface area (Å²) in [6, 6.07) is 0. The zero-order valence-electron chi connectivity index (χ0n) is 8.35. The van der Waals surface area contributed by atoms with E-state index in [9.17, 15) is 18.0 Å². The Morgan fingerprint density at radius 1 is 0.933 bits per heavy atom. The summed E-state index contributed by atoms with van der Waals surface area (Å²) in [4.78, 5) is 20.8. The van der Waals surface area contributed by atoms with Gasteiger partial charge in [0.05, 0.1) is 10.8 Å². The summed E-state index contributed by atoms with van der Waals surface area (Å²) in [7, 11) is -3.56. The van der Waals surface area contributed by atoms with Crippen molar-refractivity contribution >= 4 is 21.7 Å². The van der Waals surface area contributed by atoms with Gasteiger partial charge in [0.25, 0.3) is 0 Å². The number of carbonyl (C=O) groups excluding carboxylic acids is 2. The molecule has 0 aromatic heterocycles. The molecule has 0 fully saturated rings. The molecule has 6 nitrogen and oxygen atoms in total. The van der Waals surface area contributed by atoms with E-state index in [1.165, 1.54) is 13.8 Å². The molecule has 0 aliphatic carbocycles. The van der Waals surface area contributed by atoms with Crippen LogP contribution in [0.5, 0.6) is 0 Å². The van der Waals surface area contributed by atoms with Gasteiger partial charge in [0.1, 0.15) is 0 Å². The molecular weight excluding hydrogens is 220 g/mol. The van der Waals surface area contributed by atoms with E-state index < -0.39 is 9.84 Å². The van der Waals surface area contributed by atoms with Gasteiger partial charge in [-0.2, -0.15) is 0 Å². The maximum atomic E-state index is 11.1.